The second kappa shape index (κ2) is 4.52. The van der Waals surface area contributed by atoms with Gasteiger partial charge in [-0.2, -0.15) is 0 Å². The first kappa shape index (κ1) is 11.9. The number of rotatable bonds is 1. The van der Waals surface area contributed by atoms with Crippen LogP contribution in [0, 0.1) is 5.92 Å². The number of nitrogens with one attached hydrogen (secondary N) is 1. The fraction of sp³-hybridized carbons (Fsp3) is 1.00. The van der Waals surface area contributed by atoms with Crippen molar-refractivity contribution in [3.8, 4) is 0 Å². The molecule has 3 heterocycles. The van der Waals surface area contributed by atoms with E-state index >= 15 is 0 Å². The lowest BCUT2D eigenvalue weighted by atomic mass is 9.72. The third-order valence-electron chi connectivity index (χ3n) is 5.20. The van der Waals surface area contributed by atoms with E-state index in [1.807, 2.05) is 0 Å². The van der Waals surface area contributed by atoms with Crippen molar-refractivity contribution >= 4 is 0 Å². The van der Waals surface area contributed by atoms with Gasteiger partial charge in [0.1, 0.15) is 0 Å². The number of hydrogen-bond donors (Lipinski definition) is 1. The third kappa shape index (κ3) is 2.25. The van der Waals surface area contributed by atoms with Crippen LogP contribution in [0.15, 0.2) is 0 Å². The van der Waals surface area contributed by atoms with E-state index in [4.69, 9.17) is 9.47 Å². The SMILES string of the molecule is CC1(C2CCOC3(CCOCC3)C2)CCCN1. The van der Waals surface area contributed by atoms with E-state index in [0.717, 1.165) is 38.6 Å². The van der Waals surface area contributed by atoms with Crippen molar-refractivity contribution in [1.82, 2.24) is 5.32 Å². The minimum atomic E-state index is 0.147. The molecule has 98 valence electrons. The molecule has 0 radical (unpaired) electrons. The summed E-state index contributed by atoms with van der Waals surface area (Å²) in [6, 6.07) is 0. The van der Waals surface area contributed by atoms with Crippen LogP contribution in [0.3, 0.4) is 0 Å². The Morgan fingerprint density at radius 1 is 1.12 bits per heavy atom. The molecule has 3 nitrogen and oxygen atoms in total. The maximum absolute atomic E-state index is 6.13. The van der Waals surface area contributed by atoms with E-state index in [9.17, 15) is 0 Å². The standard InChI is InChI=1S/C14H25NO2/c1-13(4-2-7-15-13)12-3-8-17-14(11-12)5-9-16-10-6-14/h12,15H,2-11H2,1H3. The fourth-order valence-electron chi connectivity index (χ4n) is 3.93. The summed E-state index contributed by atoms with van der Waals surface area (Å²) in [5.74, 6) is 0.789. The summed E-state index contributed by atoms with van der Waals surface area (Å²) in [5.41, 5.74) is 0.517. The van der Waals surface area contributed by atoms with Crippen LogP contribution < -0.4 is 5.32 Å². The minimum Gasteiger partial charge on any atom is -0.381 e. The van der Waals surface area contributed by atoms with Gasteiger partial charge in [0, 0.05) is 25.4 Å². The Hall–Kier alpha value is -0.120. The molecule has 0 aromatic carbocycles. The summed E-state index contributed by atoms with van der Waals surface area (Å²) in [5, 5.41) is 3.74. The first-order valence-electron chi connectivity index (χ1n) is 7.19. The van der Waals surface area contributed by atoms with Crippen LogP contribution in [-0.2, 0) is 9.47 Å². The second-order valence-corrected chi connectivity index (χ2v) is 6.28. The zero-order valence-corrected chi connectivity index (χ0v) is 11.0. The lowest BCUT2D eigenvalue weighted by Gasteiger charge is -2.48. The predicted molar refractivity (Wildman–Crippen MR) is 67.1 cm³/mol. The van der Waals surface area contributed by atoms with Crippen molar-refractivity contribution in [2.75, 3.05) is 26.4 Å². The zero-order chi connectivity index (χ0) is 11.8. The van der Waals surface area contributed by atoms with Gasteiger partial charge < -0.3 is 14.8 Å². The van der Waals surface area contributed by atoms with Gasteiger partial charge in [-0.3, -0.25) is 0 Å². The molecule has 0 aliphatic carbocycles. The van der Waals surface area contributed by atoms with Gasteiger partial charge >= 0.3 is 0 Å². The number of ether oxygens (including phenoxy) is 2. The van der Waals surface area contributed by atoms with Crippen LogP contribution >= 0.6 is 0 Å². The topological polar surface area (TPSA) is 30.5 Å². The van der Waals surface area contributed by atoms with Gasteiger partial charge in [-0.15, -0.1) is 0 Å². The van der Waals surface area contributed by atoms with Crippen LogP contribution in [0.5, 0.6) is 0 Å². The molecule has 0 bridgehead atoms. The Labute approximate surface area is 104 Å². The molecule has 1 spiro atoms. The quantitative estimate of drug-likeness (QED) is 0.760. The molecule has 3 saturated heterocycles. The Balaban J connectivity index is 1.70. The van der Waals surface area contributed by atoms with E-state index in [2.05, 4.69) is 12.2 Å². The average Bonchev–Trinajstić information content (AvgIpc) is 2.79. The largest absolute Gasteiger partial charge is 0.381 e. The molecule has 0 aromatic rings. The smallest absolute Gasteiger partial charge is 0.0729 e. The normalized spacial score (nSPS) is 41.8. The van der Waals surface area contributed by atoms with Gasteiger partial charge in [0.05, 0.1) is 5.60 Å². The summed E-state index contributed by atoms with van der Waals surface area (Å²) in [4.78, 5) is 0. The summed E-state index contributed by atoms with van der Waals surface area (Å²) < 4.78 is 11.6. The molecule has 1 N–H and O–H groups in total. The Morgan fingerprint density at radius 2 is 1.94 bits per heavy atom. The minimum absolute atomic E-state index is 0.147. The van der Waals surface area contributed by atoms with Gasteiger partial charge in [-0.05, 0) is 57.9 Å². The highest BCUT2D eigenvalue weighted by Crippen LogP contribution is 2.43. The van der Waals surface area contributed by atoms with Crippen molar-refractivity contribution in [1.29, 1.82) is 0 Å². The molecule has 3 fully saturated rings. The molecule has 3 aliphatic rings. The average molecular weight is 239 g/mol. The van der Waals surface area contributed by atoms with E-state index < -0.39 is 0 Å². The first-order chi connectivity index (χ1) is 8.23. The van der Waals surface area contributed by atoms with Crippen molar-refractivity contribution in [2.24, 2.45) is 5.92 Å². The molecular weight excluding hydrogens is 214 g/mol. The third-order valence-corrected chi connectivity index (χ3v) is 5.20. The zero-order valence-electron chi connectivity index (χ0n) is 11.0. The maximum Gasteiger partial charge on any atom is 0.0729 e. The summed E-state index contributed by atoms with van der Waals surface area (Å²) in [7, 11) is 0. The summed E-state index contributed by atoms with van der Waals surface area (Å²) in [6.45, 7) is 6.34. The Kier molecular flexibility index (Phi) is 3.18. The lowest BCUT2D eigenvalue weighted by molar-refractivity contribution is -0.154. The molecule has 3 aliphatic heterocycles. The molecular formula is C14H25NO2. The molecule has 0 aromatic heterocycles. The number of hydrogen-bond acceptors (Lipinski definition) is 3. The highest BCUT2D eigenvalue weighted by molar-refractivity contribution is 5.00. The Morgan fingerprint density at radius 3 is 2.65 bits per heavy atom. The van der Waals surface area contributed by atoms with Crippen LogP contribution in [0.4, 0.5) is 0 Å². The van der Waals surface area contributed by atoms with Gasteiger partial charge in [0.15, 0.2) is 0 Å². The second-order valence-electron chi connectivity index (χ2n) is 6.28. The van der Waals surface area contributed by atoms with Crippen molar-refractivity contribution in [3.63, 3.8) is 0 Å². The Bertz CT molecular complexity index is 262. The highest BCUT2D eigenvalue weighted by Gasteiger charge is 2.46. The molecule has 2 atom stereocenters. The summed E-state index contributed by atoms with van der Waals surface area (Å²) >= 11 is 0. The molecule has 2 unspecified atom stereocenters. The van der Waals surface area contributed by atoms with Crippen molar-refractivity contribution in [3.05, 3.63) is 0 Å². The van der Waals surface area contributed by atoms with E-state index in [1.165, 1.54) is 32.2 Å². The molecule has 3 rings (SSSR count). The van der Waals surface area contributed by atoms with E-state index in [1.54, 1.807) is 0 Å². The first-order valence-corrected chi connectivity index (χ1v) is 7.19. The van der Waals surface area contributed by atoms with Crippen LogP contribution in [0.2, 0.25) is 0 Å². The van der Waals surface area contributed by atoms with E-state index in [-0.39, 0.29) is 5.60 Å². The van der Waals surface area contributed by atoms with Crippen molar-refractivity contribution in [2.45, 2.75) is 56.6 Å². The predicted octanol–water partition coefficient (Wildman–Crippen LogP) is 2.10. The molecule has 0 saturated carbocycles. The van der Waals surface area contributed by atoms with E-state index in [0.29, 0.717) is 5.54 Å². The molecule has 3 heteroatoms. The fourth-order valence-corrected chi connectivity index (χ4v) is 3.93. The van der Waals surface area contributed by atoms with Gasteiger partial charge in [-0.25, -0.2) is 0 Å². The molecule has 0 amide bonds. The van der Waals surface area contributed by atoms with Gasteiger partial charge in [0.25, 0.3) is 0 Å². The highest BCUT2D eigenvalue weighted by atomic mass is 16.5. The maximum atomic E-state index is 6.13. The van der Waals surface area contributed by atoms with Crippen LogP contribution in [0.1, 0.15) is 45.4 Å². The van der Waals surface area contributed by atoms with Gasteiger partial charge in [0.2, 0.25) is 0 Å². The van der Waals surface area contributed by atoms with Gasteiger partial charge in [-0.1, -0.05) is 0 Å². The molecule has 17 heavy (non-hydrogen) atoms. The van der Waals surface area contributed by atoms with Crippen LogP contribution in [0.25, 0.3) is 0 Å². The van der Waals surface area contributed by atoms with Crippen molar-refractivity contribution < 1.29 is 9.47 Å². The monoisotopic (exact) mass is 239 g/mol. The lowest BCUT2D eigenvalue weighted by Crippen LogP contribution is -2.53. The summed E-state index contributed by atoms with van der Waals surface area (Å²) in [6.07, 6.45) is 7.33. The van der Waals surface area contributed by atoms with Crippen LogP contribution in [-0.4, -0.2) is 37.5 Å².